The Morgan fingerprint density at radius 2 is 1.92 bits per heavy atom. The fourth-order valence-electron chi connectivity index (χ4n) is 3.01. The highest BCUT2D eigenvalue weighted by Gasteiger charge is 2.22. The Bertz CT molecular complexity index is 751. The summed E-state index contributed by atoms with van der Waals surface area (Å²) in [5.74, 6) is 1.57. The number of hydrogen-bond donors (Lipinski definition) is 0. The molecule has 4 heteroatoms. The maximum Gasteiger partial charge on any atom is 0.272 e. The monoisotopic (exact) mass is 354 g/mol. The van der Waals surface area contributed by atoms with E-state index in [0.717, 1.165) is 43.3 Å². The fourth-order valence-corrected chi connectivity index (χ4v) is 3.91. The van der Waals surface area contributed by atoms with Gasteiger partial charge in [-0.25, -0.2) is 4.98 Å². The number of rotatable bonds is 4. The standard InChI is InChI=1S/C21H26N2OS/c1-15-9-11-23(12-10-15)21(24)20-6-4-5-18(22-20)14-25-19-8-7-16(2)17(3)13-19/h4-8,13,15H,9-12,14H2,1-3H3. The third-order valence-corrected chi connectivity index (χ3v) is 5.99. The maximum absolute atomic E-state index is 12.7. The Labute approximate surface area is 154 Å². The van der Waals surface area contributed by atoms with Crippen LogP contribution in [0.5, 0.6) is 0 Å². The summed E-state index contributed by atoms with van der Waals surface area (Å²) in [6.07, 6.45) is 2.18. The molecule has 2 heterocycles. The second-order valence-electron chi connectivity index (χ2n) is 7.02. The Hall–Kier alpha value is -1.81. The van der Waals surface area contributed by atoms with Gasteiger partial charge in [0.05, 0.1) is 5.69 Å². The topological polar surface area (TPSA) is 33.2 Å². The van der Waals surface area contributed by atoms with E-state index in [4.69, 9.17) is 0 Å². The number of aryl methyl sites for hydroxylation is 2. The minimum absolute atomic E-state index is 0.0740. The molecular weight excluding hydrogens is 328 g/mol. The van der Waals surface area contributed by atoms with E-state index in [2.05, 4.69) is 44.0 Å². The predicted octanol–water partition coefficient (Wildman–Crippen LogP) is 4.86. The summed E-state index contributed by atoms with van der Waals surface area (Å²) in [5.41, 5.74) is 4.15. The molecule has 132 valence electrons. The van der Waals surface area contributed by atoms with Crippen LogP contribution in [0.15, 0.2) is 41.3 Å². The number of carbonyl (C=O) groups is 1. The minimum Gasteiger partial charge on any atom is -0.337 e. The van der Waals surface area contributed by atoms with Gasteiger partial charge in [-0.3, -0.25) is 4.79 Å². The van der Waals surface area contributed by atoms with Crippen LogP contribution in [-0.4, -0.2) is 28.9 Å². The molecule has 0 bridgehead atoms. The molecule has 1 aliphatic rings. The molecular formula is C21H26N2OS. The lowest BCUT2D eigenvalue weighted by Crippen LogP contribution is -2.38. The van der Waals surface area contributed by atoms with Gasteiger partial charge in [0.2, 0.25) is 0 Å². The molecule has 3 nitrogen and oxygen atoms in total. The first-order valence-electron chi connectivity index (χ1n) is 8.98. The Morgan fingerprint density at radius 1 is 1.16 bits per heavy atom. The number of likely N-dealkylation sites (tertiary alicyclic amines) is 1. The Kier molecular flexibility index (Phi) is 5.79. The first kappa shape index (κ1) is 18.0. The van der Waals surface area contributed by atoms with Gasteiger partial charge in [-0.2, -0.15) is 0 Å². The van der Waals surface area contributed by atoms with Crippen molar-refractivity contribution in [1.29, 1.82) is 0 Å². The van der Waals surface area contributed by atoms with Gasteiger partial charge in [-0.15, -0.1) is 11.8 Å². The molecule has 1 fully saturated rings. The molecule has 1 aliphatic heterocycles. The lowest BCUT2D eigenvalue weighted by molar-refractivity contribution is 0.0691. The van der Waals surface area contributed by atoms with E-state index in [0.29, 0.717) is 5.69 Å². The van der Waals surface area contributed by atoms with E-state index >= 15 is 0 Å². The van der Waals surface area contributed by atoms with Gasteiger partial charge < -0.3 is 4.90 Å². The molecule has 1 saturated heterocycles. The number of amides is 1. The molecule has 0 radical (unpaired) electrons. The highest BCUT2D eigenvalue weighted by molar-refractivity contribution is 7.98. The number of pyridine rings is 1. The highest BCUT2D eigenvalue weighted by atomic mass is 32.2. The zero-order valence-corrected chi connectivity index (χ0v) is 16.1. The van der Waals surface area contributed by atoms with Crippen molar-refractivity contribution in [3.05, 3.63) is 58.9 Å². The SMILES string of the molecule is Cc1ccc(SCc2cccc(C(=O)N3CCC(C)CC3)n2)cc1C. The number of hydrogen-bond acceptors (Lipinski definition) is 3. The first-order chi connectivity index (χ1) is 12.0. The number of piperidine rings is 1. The van der Waals surface area contributed by atoms with Crippen molar-refractivity contribution in [2.75, 3.05) is 13.1 Å². The van der Waals surface area contributed by atoms with E-state index in [9.17, 15) is 4.79 Å². The van der Waals surface area contributed by atoms with Crippen molar-refractivity contribution in [3.8, 4) is 0 Å². The summed E-state index contributed by atoms with van der Waals surface area (Å²) in [6.45, 7) is 8.22. The summed E-state index contributed by atoms with van der Waals surface area (Å²) in [4.78, 5) is 20.5. The van der Waals surface area contributed by atoms with Gasteiger partial charge in [0.15, 0.2) is 0 Å². The molecule has 1 aromatic heterocycles. The molecule has 1 amide bonds. The molecule has 25 heavy (non-hydrogen) atoms. The summed E-state index contributed by atoms with van der Waals surface area (Å²) in [7, 11) is 0. The van der Waals surface area contributed by atoms with Crippen molar-refractivity contribution in [2.45, 2.75) is 44.3 Å². The molecule has 2 aromatic rings. The van der Waals surface area contributed by atoms with Crippen LogP contribution in [0.25, 0.3) is 0 Å². The molecule has 0 atom stereocenters. The van der Waals surface area contributed by atoms with Gasteiger partial charge in [0.25, 0.3) is 5.91 Å². The minimum atomic E-state index is 0.0740. The predicted molar refractivity (Wildman–Crippen MR) is 104 cm³/mol. The zero-order chi connectivity index (χ0) is 17.8. The Morgan fingerprint density at radius 3 is 2.64 bits per heavy atom. The van der Waals surface area contributed by atoms with Crippen molar-refractivity contribution in [3.63, 3.8) is 0 Å². The van der Waals surface area contributed by atoms with Crippen molar-refractivity contribution < 1.29 is 4.79 Å². The van der Waals surface area contributed by atoms with Crippen LogP contribution in [0.2, 0.25) is 0 Å². The van der Waals surface area contributed by atoms with Crippen LogP contribution in [0, 0.1) is 19.8 Å². The second-order valence-corrected chi connectivity index (χ2v) is 8.07. The highest BCUT2D eigenvalue weighted by Crippen LogP contribution is 2.24. The average Bonchev–Trinajstić information content (AvgIpc) is 2.63. The van der Waals surface area contributed by atoms with Crippen LogP contribution in [0.4, 0.5) is 0 Å². The number of nitrogens with zero attached hydrogens (tertiary/aromatic N) is 2. The van der Waals surface area contributed by atoms with Gasteiger partial charge >= 0.3 is 0 Å². The largest absolute Gasteiger partial charge is 0.337 e. The van der Waals surface area contributed by atoms with Crippen LogP contribution in [0.3, 0.4) is 0 Å². The van der Waals surface area contributed by atoms with Gasteiger partial charge in [-0.1, -0.05) is 19.1 Å². The quantitative estimate of drug-likeness (QED) is 0.735. The number of aromatic nitrogens is 1. The molecule has 0 N–H and O–H groups in total. The van der Waals surface area contributed by atoms with Crippen LogP contribution >= 0.6 is 11.8 Å². The summed E-state index contributed by atoms with van der Waals surface area (Å²) < 4.78 is 0. The Balaban J connectivity index is 1.64. The van der Waals surface area contributed by atoms with E-state index in [-0.39, 0.29) is 5.91 Å². The average molecular weight is 355 g/mol. The second kappa shape index (κ2) is 8.05. The van der Waals surface area contributed by atoms with Gasteiger partial charge in [0, 0.05) is 23.7 Å². The molecule has 0 aliphatic carbocycles. The molecule has 0 spiro atoms. The number of benzene rings is 1. The number of thioether (sulfide) groups is 1. The summed E-state index contributed by atoms with van der Waals surface area (Å²) in [6, 6.07) is 12.3. The lowest BCUT2D eigenvalue weighted by Gasteiger charge is -2.30. The molecule has 0 unspecified atom stereocenters. The van der Waals surface area contributed by atoms with Crippen molar-refractivity contribution in [1.82, 2.24) is 9.88 Å². The van der Waals surface area contributed by atoms with Crippen LogP contribution in [-0.2, 0) is 5.75 Å². The van der Waals surface area contributed by atoms with Crippen LogP contribution < -0.4 is 0 Å². The molecule has 0 saturated carbocycles. The summed E-state index contributed by atoms with van der Waals surface area (Å²) in [5, 5.41) is 0. The van der Waals surface area contributed by atoms with Crippen LogP contribution in [0.1, 0.15) is 47.1 Å². The normalized spacial score (nSPS) is 15.4. The lowest BCUT2D eigenvalue weighted by atomic mass is 9.99. The van der Waals surface area contributed by atoms with Gasteiger partial charge in [0.1, 0.15) is 5.69 Å². The smallest absolute Gasteiger partial charge is 0.272 e. The van der Waals surface area contributed by atoms with E-state index in [1.165, 1.54) is 16.0 Å². The fraction of sp³-hybridized carbons (Fsp3) is 0.429. The van der Waals surface area contributed by atoms with E-state index in [1.807, 2.05) is 23.1 Å². The van der Waals surface area contributed by atoms with Gasteiger partial charge in [-0.05, 0) is 68.0 Å². The number of carbonyl (C=O) groups excluding carboxylic acids is 1. The van der Waals surface area contributed by atoms with Crippen molar-refractivity contribution >= 4 is 17.7 Å². The summed E-state index contributed by atoms with van der Waals surface area (Å²) >= 11 is 1.77. The first-order valence-corrected chi connectivity index (χ1v) is 9.97. The maximum atomic E-state index is 12.7. The zero-order valence-electron chi connectivity index (χ0n) is 15.3. The third kappa shape index (κ3) is 4.63. The van der Waals surface area contributed by atoms with E-state index < -0.39 is 0 Å². The van der Waals surface area contributed by atoms with E-state index in [1.54, 1.807) is 11.8 Å². The molecule has 3 rings (SSSR count). The van der Waals surface area contributed by atoms with Crippen molar-refractivity contribution in [2.24, 2.45) is 5.92 Å². The third-order valence-electron chi connectivity index (χ3n) is 4.96. The molecule has 1 aromatic carbocycles.